The van der Waals surface area contributed by atoms with E-state index in [-0.39, 0.29) is 23.7 Å². The molecule has 2 bridgehead atoms. The molecule has 37 heavy (non-hydrogen) atoms. The minimum Gasteiger partial charge on any atom is -0.494 e. The average Bonchev–Trinajstić information content (AvgIpc) is 2.93. The van der Waals surface area contributed by atoms with Crippen molar-refractivity contribution < 1.29 is 24.3 Å². The zero-order valence-electron chi connectivity index (χ0n) is 22.0. The van der Waals surface area contributed by atoms with E-state index in [4.69, 9.17) is 9.47 Å². The first-order valence-corrected chi connectivity index (χ1v) is 13.4. The molecular formula is C29H41N3O5. The molecular weight excluding hydrogens is 470 g/mol. The fourth-order valence-corrected chi connectivity index (χ4v) is 4.94. The molecule has 8 heteroatoms. The number of ether oxygens (including phenoxy) is 2. The number of hydrogen-bond acceptors (Lipinski definition) is 6. The Morgan fingerprint density at radius 2 is 1.84 bits per heavy atom. The number of aryl methyl sites for hydroxylation is 1. The van der Waals surface area contributed by atoms with Gasteiger partial charge in [0.15, 0.2) is 0 Å². The third-order valence-electron chi connectivity index (χ3n) is 7.02. The number of carbonyl (C=O) groups excluding carboxylic acids is 2. The lowest BCUT2D eigenvalue weighted by molar-refractivity contribution is -0.135. The molecule has 8 nitrogen and oxygen atoms in total. The molecule has 0 spiro atoms. The van der Waals surface area contributed by atoms with Gasteiger partial charge in [0.25, 0.3) is 0 Å². The number of hydrogen-bond donors (Lipinski definition) is 4. The Hall–Kier alpha value is -3.10. The van der Waals surface area contributed by atoms with Gasteiger partial charge in [-0.2, -0.15) is 0 Å². The Balaban J connectivity index is 1.74. The van der Waals surface area contributed by atoms with E-state index >= 15 is 0 Å². The summed E-state index contributed by atoms with van der Waals surface area (Å²) in [5, 5.41) is 15.7. The van der Waals surface area contributed by atoms with Crippen LogP contribution in [-0.2, 0) is 22.4 Å². The van der Waals surface area contributed by atoms with Crippen molar-refractivity contribution >= 4 is 11.8 Å². The standard InChI is InChI=1S/C29H41N3O5/c1-3-36-24-14-10-21(11-15-24)7-6-8-23-20-31-27(29(34)30-2)19-22-12-16-25(17-13-22)37-18-5-4-9-26(23)28(33)32-35/h10-17,23,26-27,31,35H,3-9,18-20H2,1-2H3,(H,30,34)(H,32,33)/t23-,26-,27-/m0/s1. The maximum Gasteiger partial charge on any atom is 0.246 e. The van der Waals surface area contributed by atoms with E-state index in [1.54, 1.807) is 7.05 Å². The summed E-state index contributed by atoms with van der Waals surface area (Å²) in [6, 6.07) is 15.5. The van der Waals surface area contributed by atoms with Crippen LogP contribution in [0.2, 0.25) is 0 Å². The van der Waals surface area contributed by atoms with Gasteiger partial charge in [-0.15, -0.1) is 0 Å². The summed E-state index contributed by atoms with van der Waals surface area (Å²) in [6.45, 7) is 3.66. The lowest BCUT2D eigenvalue weighted by Crippen LogP contribution is -2.48. The highest BCUT2D eigenvalue weighted by molar-refractivity contribution is 5.82. The average molecular weight is 512 g/mol. The second kappa shape index (κ2) is 15.2. The first-order chi connectivity index (χ1) is 18.0. The number of fused-ring (bicyclic) bond motifs is 12. The summed E-state index contributed by atoms with van der Waals surface area (Å²) in [5.41, 5.74) is 4.12. The van der Waals surface area contributed by atoms with Gasteiger partial charge in [-0.25, -0.2) is 5.48 Å². The topological polar surface area (TPSA) is 109 Å². The molecule has 3 atom stereocenters. The molecule has 2 amide bonds. The predicted octanol–water partition coefficient (Wildman–Crippen LogP) is 3.66. The van der Waals surface area contributed by atoms with Crippen LogP contribution in [0.4, 0.5) is 0 Å². The normalized spacial score (nSPS) is 20.7. The highest BCUT2D eigenvalue weighted by Gasteiger charge is 2.29. The number of hydroxylamine groups is 1. The fourth-order valence-electron chi connectivity index (χ4n) is 4.94. The molecule has 2 aliphatic heterocycles. The van der Waals surface area contributed by atoms with Crippen LogP contribution in [0.3, 0.4) is 0 Å². The van der Waals surface area contributed by atoms with Crippen LogP contribution in [-0.4, -0.2) is 49.9 Å². The molecule has 0 aliphatic carbocycles. The van der Waals surface area contributed by atoms with Gasteiger partial charge in [-0.3, -0.25) is 14.8 Å². The molecule has 4 N–H and O–H groups in total. The van der Waals surface area contributed by atoms with Crippen molar-refractivity contribution in [1.29, 1.82) is 0 Å². The van der Waals surface area contributed by atoms with Crippen molar-refractivity contribution in [3.05, 3.63) is 59.7 Å². The van der Waals surface area contributed by atoms with Crippen molar-refractivity contribution in [2.24, 2.45) is 11.8 Å². The monoisotopic (exact) mass is 511 g/mol. The van der Waals surface area contributed by atoms with Gasteiger partial charge in [0, 0.05) is 13.0 Å². The SMILES string of the molecule is CCOc1ccc(CCC[C@H]2CN[C@H](C(=O)NC)Cc3ccc(cc3)OCCCC[C@@H]2C(=O)NO)cc1. The van der Waals surface area contributed by atoms with Crippen molar-refractivity contribution in [1.82, 2.24) is 16.1 Å². The van der Waals surface area contributed by atoms with E-state index in [0.717, 1.165) is 49.2 Å². The molecule has 2 aliphatic rings. The van der Waals surface area contributed by atoms with Gasteiger partial charge in [0.05, 0.1) is 19.3 Å². The van der Waals surface area contributed by atoms with Crippen LogP contribution in [0, 0.1) is 11.8 Å². The molecule has 2 aromatic rings. The molecule has 0 saturated heterocycles. The Bertz CT molecular complexity index is 965. The fraction of sp³-hybridized carbons (Fsp3) is 0.517. The molecule has 2 heterocycles. The summed E-state index contributed by atoms with van der Waals surface area (Å²) in [6.07, 6.45) is 5.29. The van der Waals surface area contributed by atoms with E-state index < -0.39 is 6.04 Å². The molecule has 0 aromatic heterocycles. The molecule has 2 aromatic carbocycles. The van der Waals surface area contributed by atoms with Crippen LogP contribution < -0.4 is 25.6 Å². The van der Waals surface area contributed by atoms with Gasteiger partial charge in [-0.1, -0.05) is 24.3 Å². The van der Waals surface area contributed by atoms with Crippen LogP contribution in [0.1, 0.15) is 50.2 Å². The van der Waals surface area contributed by atoms with Crippen LogP contribution in [0.5, 0.6) is 11.5 Å². The molecule has 0 fully saturated rings. The highest BCUT2D eigenvalue weighted by atomic mass is 16.5. The van der Waals surface area contributed by atoms with Gasteiger partial charge < -0.3 is 20.1 Å². The van der Waals surface area contributed by atoms with Crippen molar-refractivity contribution in [3.63, 3.8) is 0 Å². The number of nitrogens with one attached hydrogen (secondary N) is 3. The van der Waals surface area contributed by atoms with E-state index in [2.05, 4.69) is 22.8 Å². The number of rotatable bonds is 8. The Morgan fingerprint density at radius 3 is 2.51 bits per heavy atom. The molecule has 202 valence electrons. The smallest absolute Gasteiger partial charge is 0.246 e. The van der Waals surface area contributed by atoms with Crippen molar-refractivity contribution in [2.75, 3.05) is 26.8 Å². The number of likely N-dealkylation sites (N-methyl/N-ethyl adjacent to an activating group) is 1. The van der Waals surface area contributed by atoms with E-state index in [1.165, 1.54) is 5.56 Å². The minimum atomic E-state index is -0.437. The predicted molar refractivity (Wildman–Crippen MR) is 143 cm³/mol. The van der Waals surface area contributed by atoms with Crippen LogP contribution in [0.15, 0.2) is 48.5 Å². The van der Waals surface area contributed by atoms with Crippen LogP contribution in [0.25, 0.3) is 0 Å². The zero-order valence-corrected chi connectivity index (χ0v) is 22.0. The lowest BCUT2D eigenvalue weighted by atomic mass is 9.83. The summed E-state index contributed by atoms with van der Waals surface area (Å²) in [4.78, 5) is 25.4. The molecule has 0 saturated carbocycles. The Kier molecular flexibility index (Phi) is 11.7. The Morgan fingerprint density at radius 1 is 1.08 bits per heavy atom. The van der Waals surface area contributed by atoms with E-state index in [9.17, 15) is 14.8 Å². The first kappa shape index (κ1) is 28.5. The third kappa shape index (κ3) is 9.05. The second-order valence-electron chi connectivity index (χ2n) is 9.58. The number of benzene rings is 2. The maximum atomic E-state index is 12.7. The Labute approximate surface area is 220 Å². The molecule has 4 rings (SSSR count). The summed E-state index contributed by atoms with van der Waals surface area (Å²) in [7, 11) is 1.63. The van der Waals surface area contributed by atoms with E-state index in [0.29, 0.717) is 32.6 Å². The minimum absolute atomic E-state index is 0.0464. The highest BCUT2D eigenvalue weighted by Crippen LogP contribution is 2.26. The second-order valence-corrected chi connectivity index (χ2v) is 9.58. The van der Waals surface area contributed by atoms with Gasteiger partial charge in [0.2, 0.25) is 11.8 Å². The molecule has 0 radical (unpaired) electrons. The summed E-state index contributed by atoms with van der Waals surface area (Å²) >= 11 is 0. The molecule has 0 unspecified atom stereocenters. The van der Waals surface area contributed by atoms with Gasteiger partial charge >= 0.3 is 0 Å². The van der Waals surface area contributed by atoms with E-state index in [1.807, 2.05) is 48.8 Å². The zero-order chi connectivity index (χ0) is 26.5. The first-order valence-electron chi connectivity index (χ1n) is 13.4. The van der Waals surface area contributed by atoms with Crippen molar-refractivity contribution in [3.8, 4) is 11.5 Å². The summed E-state index contributed by atoms with van der Waals surface area (Å²) < 4.78 is 11.4. The number of amides is 2. The summed E-state index contributed by atoms with van der Waals surface area (Å²) in [5.74, 6) is 0.759. The third-order valence-corrected chi connectivity index (χ3v) is 7.02. The van der Waals surface area contributed by atoms with Crippen LogP contribution >= 0.6 is 0 Å². The number of carbonyl (C=O) groups is 2. The largest absolute Gasteiger partial charge is 0.494 e. The maximum absolute atomic E-state index is 12.7. The lowest BCUT2D eigenvalue weighted by Gasteiger charge is -2.28. The van der Waals surface area contributed by atoms with Gasteiger partial charge in [0.1, 0.15) is 11.5 Å². The van der Waals surface area contributed by atoms with Gasteiger partial charge in [-0.05, 0) is 99.7 Å². The van der Waals surface area contributed by atoms with Crippen molar-refractivity contribution in [2.45, 2.75) is 57.9 Å². The quantitative estimate of drug-likeness (QED) is 0.318.